The van der Waals surface area contributed by atoms with E-state index in [1.165, 1.54) is 22.4 Å². The zero-order chi connectivity index (χ0) is 15.1. The van der Waals surface area contributed by atoms with Crippen molar-refractivity contribution in [3.8, 4) is 0 Å². The van der Waals surface area contributed by atoms with Crippen molar-refractivity contribution in [1.82, 2.24) is 9.21 Å². The van der Waals surface area contributed by atoms with E-state index < -0.39 is 22.0 Å². The van der Waals surface area contributed by atoms with Crippen LogP contribution in [0, 0.1) is 5.41 Å². The molecular formula is C12H20N2O5S. The number of carboxylic acids is 1. The van der Waals surface area contributed by atoms with E-state index in [-0.39, 0.29) is 11.3 Å². The highest BCUT2D eigenvalue weighted by molar-refractivity contribution is 7.88. The molecule has 1 N–H and O–H groups in total. The van der Waals surface area contributed by atoms with Crippen LogP contribution in [-0.2, 0) is 19.6 Å². The van der Waals surface area contributed by atoms with Gasteiger partial charge in [0, 0.05) is 26.6 Å². The summed E-state index contributed by atoms with van der Waals surface area (Å²) in [6.45, 7) is 2.59. The second-order valence-corrected chi connectivity index (χ2v) is 7.85. The molecule has 1 atom stereocenters. The lowest BCUT2D eigenvalue weighted by atomic mass is 9.77. The van der Waals surface area contributed by atoms with Gasteiger partial charge in [0.15, 0.2) is 0 Å². The number of hydrogen-bond donors (Lipinski definition) is 1. The molecule has 2 heterocycles. The molecule has 2 saturated heterocycles. The average Bonchev–Trinajstić information content (AvgIpc) is 2.68. The lowest BCUT2D eigenvalue weighted by Crippen LogP contribution is -2.44. The van der Waals surface area contributed by atoms with Gasteiger partial charge in [-0.25, -0.2) is 17.5 Å². The Bertz CT molecular complexity index is 498. The third-order valence-electron chi connectivity index (χ3n) is 4.45. The Hall–Kier alpha value is -1.15. The Kier molecular flexibility index (Phi) is 3.81. The molecule has 2 fully saturated rings. The van der Waals surface area contributed by atoms with Gasteiger partial charge in [0.05, 0.1) is 6.26 Å². The van der Waals surface area contributed by atoms with Gasteiger partial charge in [-0.2, -0.15) is 0 Å². The molecule has 8 heteroatoms. The molecule has 20 heavy (non-hydrogen) atoms. The molecule has 1 spiro atoms. The molecule has 0 saturated carbocycles. The molecule has 0 aromatic heterocycles. The van der Waals surface area contributed by atoms with E-state index in [1.807, 2.05) is 0 Å². The first kappa shape index (κ1) is 15.2. The SMILES string of the molecule is CC(=O)N1CC2(CCN(S(C)(=O)=O)CC2)C[C@@H]1C(=O)O. The highest BCUT2D eigenvalue weighted by atomic mass is 32.2. The van der Waals surface area contributed by atoms with Crippen molar-refractivity contribution in [1.29, 1.82) is 0 Å². The number of sulfonamides is 1. The smallest absolute Gasteiger partial charge is 0.326 e. The summed E-state index contributed by atoms with van der Waals surface area (Å²) < 4.78 is 24.4. The molecule has 0 radical (unpaired) electrons. The van der Waals surface area contributed by atoms with Crippen molar-refractivity contribution >= 4 is 21.9 Å². The van der Waals surface area contributed by atoms with E-state index in [1.54, 1.807) is 0 Å². The monoisotopic (exact) mass is 304 g/mol. The van der Waals surface area contributed by atoms with Gasteiger partial charge < -0.3 is 10.0 Å². The summed E-state index contributed by atoms with van der Waals surface area (Å²) in [5.41, 5.74) is -0.254. The van der Waals surface area contributed by atoms with E-state index in [4.69, 9.17) is 0 Å². The molecule has 2 aliphatic heterocycles. The molecule has 2 rings (SSSR count). The third kappa shape index (κ3) is 2.80. The summed E-state index contributed by atoms with van der Waals surface area (Å²) >= 11 is 0. The predicted octanol–water partition coefficient (Wildman–Crippen LogP) is -0.266. The van der Waals surface area contributed by atoms with Crippen LogP contribution in [0.25, 0.3) is 0 Å². The zero-order valence-corrected chi connectivity index (χ0v) is 12.5. The molecule has 0 aliphatic carbocycles. The van der Waals surface area contributed by atoms with Crippen LogP contribution >= 0.6 is 0 Å². The normalized spacial score (nSPS) is 26.9. The van der Waals surface area contributed by atoms with Gasteiger partial charge in [0.25, 0.3) is 0 Å². The van der Waals surface area contributed by atoms with Gasteiger partial charge in [-0.05, 0) is 24.7 Å². The van der Waals surface area contributed by atoms with Crippen molar-refractivity contribution in [3.63, 3.8) is 0 Å². The number of amides is 1. The minimum absolute atomic E-state index is 0.236. The number of carboxylic acid groups (broad SMARTS) is 1. The summed E-state index contributed by atoms with van der Waals surface area (Å²) in [4.78, 5) is 24.2. The lowest BCUT2D eigenvalue weighted by molar-refractivity contribution is -0.147. The summed E-state index contributed by atoms with van der Waals surface area (Å²) in [6, 6.07) is -0.780. The van der Waals surface area contributed by atoms with Crippen LogP contribution in [0.1, 0.15) is 26.2 Å². The lowest BCUT2D eigenvalue weighted by Gasteiger charge is -2.37. The van der Waals surface area contributed by atoms with Crippen LogP contribution in [0.2, 0.25) is 0 Å². The van der Waals surface area contributed by atoms with E-state index in [2.05, 4.69) is 0 Å². The number of piperidine rings is 1. The standard InChI is InChI=1S/C12H20N2O5S/c1-9(15)14-8-12(7-10(14)11(16)17)3-5-13(6-4-12)20(2,18)19/h10H,3-8H2,1-2H3,(H,16,17)/t10-/m1/s1. The van der Waals surface area contributed by atoms with Gasteiger partial charge in [-0.15, -0.1) is 0 Å². The molecule has 7 nitrogen and oxygen atoms in total. The van der Waals surface area contributed by atoms with Crippen molar-refractivity contribution in [2.45, 2.75) is 32.2 Å². The number of carbonyl (C=O) groups excluding carboxylic acids is 1. The van der Waals surface area contributed by atoms with Gasteiger partial charge >= 0.3 is 5.97 Å². The summed E-state index contributed by atoms with van der Waals surface area (Å²) in [7, 11) is -3.20. The van der Waals surface area contributed by atoms with Crippen LogP contribution < -0.4 is 0 Å². The molecular weight excluding hydrogens is 284 g/mol. The Morgan fingerprint density at radius 2 is 1.80 bits per heavy atom. The maximum absolute atomic E-state index is 11.6. The van der Waals surface area contributed by atoms with E-state index in [0.717, 1.165) is 0 Å². The maximum atomic E-state index is 11.6. The second kappa shape index (κ2) is 5.00. The first-order chi connectivity index (χ1) is 9.15. The summed E-state index contributed by atoms with van der Waals surface area (Å²) in [6.07, 6.45) is 2.81. The van der Waals surface area contributed by atoms with Crippen LogP contribution in [0.3, 0.4) is 0 Å². The van der Waals surface area contributed by atoms with E-state index in [9.17, 15) is 23.1 Å². The van der Waals surface area contributed by atoms with Crippen LogP contribution in [0.5, 0.6) is 0 Å². The number of aliphatic carboxylic acids is 1. The fourth-order valence-electron chi connectivity index (χ4n) is 3.26. The number of carbonyl (C=O) groups is 2. The molecule has 0 bridgehead atoms. The first-order valence-electron chi connectivity index (χ1n) is 6.60. The van der Waals surface area contributed by atoms with Crippen LogP contribution in [-0.4, -0.2) is 66.5 Å². The van der Waals surface area contributed by atoms with E-state index >= 15 is 0 Å². The fourth-order valence-corrected chi connectivity index (χ4v) is 4.11. The Morgan fingerprint density at radius 1 is 1.25 bits per heavy atom. The van der Waals surface area contributed by atoms with Crippen molar-refractivity contribution in [3.05, 3.63) is 0 Å². The van der Waals surface area contributed by atoms with Gasteiger partial charge in [0.2, 0.25) is 15.9 Å². The van der Waals surface area contributed by atoms with Crippen molar-refractivity contribution < 1.29 is 23.1 Å². The number of nitrogens with zero attached hydrogens (tertiary/aromatic N) is 2. The van der Waals surface area contributed by atoms with E-state index in [0.29, 0.717) is 38.9 Å². The number of rotatable bonds is 2. The average molecular weight is 304 g/mol. The first-order valence-corrected chi connectivity index (χ1v) is 8.45. The van der Waals surface area contributed by atoms with Crippen molar-refractivity contribution in [2.24, 2.45) is 5.41 Å². The molecule has 114 valence electrons. The Balaban J connectivity index is 2.12. The Morgan fingerprint density at radius 3 is 2.15 bits per heavy atom. The second-order valence-electron chi connectivity index (χ2n) is 5.87. The van der Waals surface area contributed by atoms with Gasteiger partial charge in [-0.1, -0.05) is 0 Å². The largest absolute Gasteiger partial charge is 0.480 e. The minimum Gasteiger partial charge on any atom is -0.480 e. The Labute approximate surface area is 118 Å². The summed E-state index contributed by atoms with van der Waals surface area (Å²) in [5, 5.41) is 9.23. The highest BCUT2D eigenvalue weighted by Crippen LogP contribution is 2.43. The summed E-state index contributed by atoms with van der Waals surface area (Å²) in [5.74, 6) is -1.22. The molecule has 0 unspecified atom stereocenters. The minimum atomic E-state index is -3.20. The number of hydrogen-bond acceptors (Lipinski definition) is 4. The zero-order valence-electron chi connectivity index (χ0n) is 11.7. The topological polar surface area (TPSA) is 95.0 Å². The van der Waals surface area contributed by atoms with Crippen LogP contribution in [0.4, 0.5) is 0 Å². The number of likely N-dealkylation sites (tertiary alicyclic amines) is 1. The van der Waals surface area contributed by atoms with Gasteiger partial charge in [0.1, 0.15) is 6.04 Å². The van der Waals surface area contributed by atoms with Gasteiger partial charge in [-0.3, -0.25) is 4.79 Å². The quantitative estimate of drug-likeness (QED) is 0.758. The van der Waals surface area contributed by atoms with Crippen LogP contribution in [0.15, 0.2) is 0 Å². The third-order valence-corrected chi connectivity index (χ3v) is 5.75. The molecule has 2 aliphatic rings. The molecule has 1 amide bonds. The molecule has 0 aromatic carbocycles. The predicted molar refractivity (Wildman–Crippen MR) is 71.5 cm³/mol. The fraction of sp³-hybridized carbons (Fsp3) is 0.833. The van der Waals surface area contributed by atoms with Crippen molar-refractivity contribution in [2.75, 3.05) is 25.9 Å². The maximum Gasteiger partial charge on any atom is 0.326 e. The molecule has 0 aromatic rings. The highest BCUT2D eigenvalue weighted by Gasteiger charge is 2.49.